The summed E-state index contributed by atoms with van der Waals surface area (Å²) in [6, 6.07) is 8.13. The van der Waals surface area contributed by atoms with Crippen molar-refractivity contribution in [3.8, 4) is 5.75 Å². The van der Waals surface area contributed by atoms with Crippen LogP contribution in [0.15, 0.2) is 30.3 Å². The van der Waals surface area contributed by atoms with Crippen molar-refractivity contribution in [3.63, 3.8) is 0 Å². The third-order valence-electron chi connectivity index (χ3n) is 5.43. The fourth-order valence-corrected chi connectivity index (χ4v) is 3.68. The number of amides is 1. The number of halogens is 1. The Labute approximate surface area is 180 Å². The molecule has 31 heavy (non-hydrogen) atoms. The van der Waals surface area contributed by atoms with Crippen molar-refractivity contribution >= 4 is 5.91 Å². The van der Waals surface area contributed by atoms with Crippen molar-refractivity contribution in [1.29, 1.82) is 0 Å². The highest BCUT2D eigenvalue weighted by Crippen LogP contribution is 2.27. The van der Waals surface area contributed by atoms with Gasteiger partial charge in [0.05, 0.1) is 18.7 Å². The van der Waals surface area contributed by atoms with E-state index >= 15 is 0 Å². The summed E-state index contributed by atoms with van der Waals surface area (Å²) in [6.07, 6.45) is 1.75. The summed E-state index contributed by atoms with van der Waals surface area (Å²) in [5.74, 6) is 2.02. The highest BCUT2D eigenvalue weighted by Gasteiger charge is 2.29. The van der Waals surface area contributed by atoms with Crippen LogP contribution in [0.5, 0.6) is 5.75 Å². The van der Waals surface area contributed by atoms with Gasteiger partial charge in [0.15, 0.2) is 5.82 Å². The Bertz CT molecular complexity index is 1030. The Hall–Kier alpha value is -3.23. The lowest BCUT2D eigenvalue weighted by molar-refractivity contribution is -0.129. The maximum absolute atomic E-state index is 13.2. The zero-order valence-electron chi connectivity index (χ0n) is 17.8. The van der Waals surface area contributed by atoms with Gasteiger partial charge in [-0.1, -0.05) is 19.9 Å². The molecule has 0 bridgehead atoms. The minimum absolute atomic E-state index is 0.0493. The van der Waals surface area contributed by atoms with Crippen LogP contribution in [-0.2, 0) is 17.6 Å². The quantitative estimate of drug-likeness (QED) is 0.577. The van der Waals surface area contributed by atoms with Crippen LogP contribution < -0.4 is 4.74 Å². The molecule has 2 aromatic heterocycles. The van der Waals surface area contributed by atoms with Crippen molar-refractivity contribution in [1.82, 2.24) is 30.3 Å². The van der Waals surface area contributed by atoms with Gasteiger partial charge < -0.3 is 9.64 Å². The van der Waals surface area contributed by atoms with E-state index in [-0.39, 0.29) is 30.0 Å². The summed E-state index contributed by atoms with van der Waals surface area (Å²) >= 11 is 0. The first-order valence-corrected chi connectivity index (χ1v) is 10.6. The number of likely N-dealkylation sites (tertiary alicyclic amines) is 1. The smallest absolute Gasteiger partial charge is 0.230 e. The standard InChI is InChI=1S/C22H27FN6O2/c1-14(2)22-24-20(27-28-22)12-21(30)29-8-6-15(13-29)19-11-17(25-26-19)7-9-31-18-5-3-4-16(23)10-18/h3-5,10-11,14-15H,6-9,12-13H2,1-2H3,(H,25,26)(H,24,27,28)/t15-/m0/s1. The number of aromatic amines is 2. The van der Waals surface area contributed by atoms with E-state index in [4.69, 9.17) is 4.74 Å². The third-order valence-corrected chi connectivity index (χ3v) is 5.43. The molecule has 1 amide bonds. The summed E-state index contributed by atoms with van der Waals surface area (Å²) in [5.41, 5.74) is 1.91. The molecular formula is C22H27FN6O2. The molecule has 1 aromatic carbocycles. The molecule has 3 heterocycles. The first-order valence-electron chi connectivity index (χ1n) is 10.6. The van der Waals surface area contributed by atoms with Crippen LogP contribution in [0.2, 0.25) is 0 Å². The molecule has 0 unspecified atom stereocenters. The molecule has 1 fully saturated rings. The van der Waals surface area contributed by atoms with Crippen LogP contribution in [0.3, 0.4) is 0 Å². The second kappa shape index (κ2) is 9.28. The first kappa shape index (κ1) is 21.0. The molecule has 164 valence electrons. The van der Waals surface area contributed by atoms with E-state index < -0.39 is 0 Å². The Morgan fingerprint density at radius 2 is 2.16 bits per heavy atom. The number of nitrogens with one attached hydrogen (secondary N) is 2. The Morgan fingerprint density at radius 1 is 1.29 bits per heavy atom. The molecule has 1 aliphatic rings. The topological polar surface area (TPSA) is 99.8 Å². The zero-order valence-corrected chi connectivity index (χ0v) is 17.8. The molecule has 0 radical (unpaired) electrons. The maximum Gasteiger partial charge on any atom is 0.230 e. The van der Waals surface area contributed by atoms with Crippen LogP contribution in [0.1, 0.15) is 55.1 Å². The predicted molar refractivity (Wildman–Crippen MR) is 112 cm³/mol. The molecule has 1 atom stereocenters. The monoisotopic (exact) mass is 426 g/mol. The lowest BCUT2D eigenvalue weighted by Crippen LogP contribution is -2.30. The lowest BCUT2D eigenvalue weighted by Gasteiger charge is -2.15. The van der Waals surface area contributed by atoms with Gasteiger partial charge in [-0.15, -0.1) is 0 Å². The first-order chi connectivity index (χ1) is 15.0. The van der Waals surface area contributed by atoms with Crippen LogP contribution >= 0.6 is 0 Å². The van der Waals surface area contributed by atoms with Crippen LogP contribution in [0.4, 0.5) is 4.39 Å². The molecule has 0 spiro atoms. The van der Waals surface area contributed by atoms with Gasteiger partial charge in [0, 0.05) is 43.1 Å². The average Bonchev–Trinajstić information content (AvgIpc) is 3.48. The second-order valence-electron chi connectivity index (χ2n) is 8.17. The zero-order chi connectivity index (χ0) is 21.8. The SMILES string of the molecule is CC(C)c1n[nH]c(CC(=O)N2CC[C@H](c3cc(CCOc4cccc(F)c4)[nH]n3)C2)n1. The molecule has 0 saturated carbocycles. The Kier molecular flexibility index (Phi) is 6.29. The predicted octanol–water partition coefficient (Wildman–Crippen LogP) is 2.97. The molecular weight excluding hydrogens is 399 g/mol. The van der Waals surface area contributed by atoms with Crippen molar-refractivity contribution in [3.05, 3.63) is 59.2 Å². The van der Waals surface area contributed by atoms with Gasteiger partial charge in [-0.05, 0) is 24.6 Å². The molecule has 9 heteroatoms. The van der Waals surface area contributed by atoms with Gasteiger partial charge in [0.2, 0.25) is 5.91 Å². The summed E-state index contributed by atoms with van der Waals surface area (Å²) in [5, 5.41) is 14.5. The number of carbonyl (C=O) groups is 1. The van der Waals surface area contributed by atoms with Crippen LogP contribution in [0, 0.1) is 5.82 Å². The van der Waals surface area contributed by atoms with E-state index in [0.717, 1.165) is 23.6 Å². The van der Waals surface area contributed by atoms with Crippen LogP contribution in [0.25, 0.3) is 0 Å². The fraction of sp³-hybridized carbons (Fsp3) is 0.455. The number of carbonyl (C=O) groups excluding carboxylic acids is 1. The molecule has 2 N–H and O–H groups in total. The molecule has 8 nitrogen and oxygen atoms in total. The van der Waals surface area contributed by atoms with E-state index in [2.05, 4.69) is 25.4 Å². The molecule has 4 rings (SSSR count). The minimum atomic E-state index is -0.315. The number of rotatable bonds is 8. The molecule has 0 aliphatic carbocycles. The summed E-state index contributed by atoms with van der Waals surface area (Å²) in [4.78, 5) is 18.9. The summed E-state index contributed by atoms with van der Waals surface area (Å²) in [7, 11) is 0. The van der Waals surface area contributed by atoms with Gasteiger partial charge in [-0.25, -0.2) is 9.37 Å². The largest absolute Gasteiger partial charge is 0.493 e. The van der Waals surface area contributed by atoms with Gasteiger partial charge in [0.25, 0.3) is 0 Å². The maximum atomic E-state index is 13.2. The number of H-pyrrole nitrogens is 2. The lowest BCUT2D eigenvalue weighted by atomic mass is 10.0. The second-order valence-corrected chi connectivity index (χ2v) is 8.17. The molecule has 3 aromatic rings. The van der Waals surface area contributed by atoms with Gasteiger partial charge >= 0.3 is 0 Å². The Morgan fingerprint density at radius 3 is 2.94 bits per heavy atom. The van der Waals surface area contributed by atoms with Gasteiger partial charge in [-0.3, -0.25) is 15.0 Å². The minimum Gasteiger partial charge on any atom is -0.493 e. The summed E-state index contributed by atoms with van der Waals surface area (Å²) < 4.78 is 18.8. The number of hydrogen-bond acceptors (Lipinski definition) is 5. The number of aromatic nitrogens is 5. The highest BCUT2D eigenvalue weighted by molar-refractivity contribution is 5.78. The van der Waals surface area contributed by atoms with Crippen molar-refractivity contribution in [2.45, 2.75) is 44.9 Å². The van der Waals surface area contributed by atoms with Crippen LogP contribution in [-0.4, -0.2) is 55.9 Å². The number of nitrogens with zero attached hydrogens (tertiary/aromatic N) is 4. The van der Waals surface area contributed by atoms with Gasteiger partial charge in [-0.2, -0.15) is 10.2 Å². The van der Waals surface area contributed by atoms with E-state index in [1.807, 2.05) is 24.8 Å². The number of hydrogen-bond donors (Lipinski definition) is 2. The molecule has 1 saturated heterocycles. The normalized spacial score (nSPS) is 16.3. The van der Waals surface area contributed by atoms with Crippen molar-refractivity contribution in [2.24, 2.45) is 0 Å². The summed E-state index contributed by atoms with van der Waals surface area (Å²) in [6.45, 7) is 5.82. The van der Waals surface area contributed by atoms with Gasteiger partial charge in [0.1, 0.15) is 17.4 Å². The molecule has 1 aliphatic heterocycles. The number of ether oxygens (including phenoxy) is 1. The van der Waals surface area contributed by atoms with E-state index in [9.17, 15) is 9.18 Å². The van der Waals surface area contributed by atoms with E-state index in [0.29, 0.717) is 37.7 Å². The fourth-order valence-electron chi connectivity index (χ4n) is 3.68. The van der Waals surface area contributed by atoms with E-state index in [1.165, 1.54) is 12.1 Å². The highest BCUT2D eigenvalue weighted by atomic mass is 19.1. The Balaban J connectivity index is 1.26. The third kappa shape index (κ3) is 5.28. The number of benzene rings is 1. The average molecular weight is 426 g/mol. The van der Waals surface area contributed by atoms with Crippen molar-refractivity contribution in [2.75, 3.05) is 19.7 Å². The van der Waals surface area contributed by atoms with E-state index in [1.54, 1.807) is 12.1 Å². The van der Waals surface area contributed by atoms with Crippen molar-refractivity contribution < 1.29 is 13.9 Å².